The van der Waals surface area contributed by atoms with Crippen LogP contribution in [0.4, 0.5) is 5.82 Å². The Bertz CT molecular complexity index is 602. The SMILES string of the molecule is Cc1nnc2c(NC3CCN(C4CC4)C3)nccn12. The van der Waals surface area contributed by atoms with Gasteiger partial charge in [-0.1, -0.05) is 0 Å². The molecule has 1 unspecified atom stereocenters. The molecule has 19 heavy (non-hydrogen) atoms. The Kier molecular flexibility index (Phi) is 2.44. The van der Waals surface area contributed by atoms with Crippen LogP contribution in [-0.4, -0.2) is 49.7 Å². The van der Waals surface area contributed by atoms with Gasteiger partial charge in [0.1, 0.15) is 5.82 Å². The van der Waals surface area contributed by atoms with Crippen molar-refractivity contribution >= 4 is 11.5 Å². The zero-order valence-corrected chi connectivity index (χ0v) is 11.1. The second-order valence-electron chi connectivity index (χ2n) is 5.57. The number of rotatable bonds is 3. The lowest BCUT2D eigenvalue weighted by Crippen LogP contribution is -2.28. The summed E-state index contributed by atoms with van der Waals surface area (Å²) in [5, 5.41) is 11.8. The fourth-order valence-electron chi connectivity index (χ4n) is 2.91. The van der Waals surface area contributed by atoms with Gasteiger partial charge in [-0.15, -0.1) is 10.2 Å². The van der Waals surface area contributed by atoms with Gasteiger partial charge in [0.25, 0.3) is 0 Å². The smallest absolute Gasteiger partial charge is 0.203 e. The molecule has 0 aromatic carbocycles. The molecular weight excluding hydrogens is 240 g/mol. The van der Waals surface area contributed by atoms with Crippen molar-refractivity contribution in [2.75, 3.05) is 18.4 Å². The van der Waals surface area contributed by atoms with Crippen molar-refractivity contribution in [3.05, 3.63) is 18.2 Å². The van der Waals surface area contributed by atoms with E-state index in [-0.39, 0.29) is 0 Å². The number of aromatic nitrogens is 4. The van der Waals surface area contributed by atoms with Crippen molar-refractivity contribution in [3.63, 3.8) is 0 Å². The van der Waals surface area contributed by atoms with Gasteiger partial charge in [-0.3, -0.25) is 9.30 Å². The highest BCUT2D eigenvalue weighted by Crippen LogP contribution is 2.30. The van der Waals surface area contributed by atoms with Crippen LogP contribution in [0, 0.1) is 6.92 Å². The van der Waals surface area contributed by atoms with E-state index in [0.717, 1.165) is 29.9 Å². The van der Waals surface area contributed by atoms with E-state index >= 15 is 0 Å². The molecule has 2 aromatic heterocycles. The molecule has 1 N–H and O–H groups in total. The van der Waals surface area contributed by atoms with Crippen molar-refractivity contribution in [1.82, 2.24) is 24.5 Å². The summed E-state index contributed by atoms with van der Waals surface area (Å²) in [4.78, 5) is 7.01. The number of nitrogens with one attached hydrogen (secondary N) is 1. The Morgan fingerprint density at radius 2 is 2.16 bits per heavy atom. The lowest BCUT2D eigenvalue weighted by molar-refractivity contribution is 0.326. The molecule has 1 aliphatic carbocycles. The molecule has 2 aromatic rings. The average molecular weight is 258 g/mol. The minimum Gasteiger partial charge on any atom is -0.363 e. The lowest BCUT2D eigenvalue weighted by atomic mass is 10.2. The van der Waals surface area contributed by atoms with Crippen molar-refractivity contribution < 1.29 is 0 Å². The second-order valence-corrected chi connectivity index (χ2v) is 5.57. The van der Waals surface area contributed by atoms with Gasteiger partial charge >= 0.3 is 0 Å². The van der Waals surface area contributed by atoms with E-state index in [9.17, 15) is 0 Å². The number of hydrogen-bond donors (Lipinski definition) is 1. The van der Waals surface area contributed by atoms with Crippen molar-refractivity contribution in [2.45, 2.75) is 38.3 Å². The first-order valence-electron chi connectivity index (χ1n) is 6.98. The van der Waals surface area contributed by atoms with E-state index in [2.05, 4.69) is 25.4 Å². The maximum atomic E-state index is 4.42. The van der Waals surface area contributed by atoms with Crippen molar-refractivity contribution in [1.29, 1.82) is 0 Å². The monoisotopic (exact) mass is 258 g/mol. The second kappa shape index (κ2) is 4.16. The first kappa shape index (κ1) is 11.2. The molecule has 1 saturated carbocycles. The molecule has 3 heterocycles. The third-order valence-electron chi connectivity index (χ3n) is 4.12. The van der Waals surface area contributed by atoms with Gasteiger partial charge in [-0.05, 0) is 26.2 Å². The summed E-state index contributed by atoms with van der Waals surface area (Å²) in [6, 6.07) is 1.34. The molecule has 4 rings (SSSR count). The summed E-state index contributed by atoms with van der Waals surface area (Å²) in [7, 11) is 0. The van der Waals surface area contributed by atoms with E-state index in [1.165, 1.54) is 25.8 Å². The minimum absolute atomic E-state index is 0.483. The molecule has 1 aliphatic heterocycles. The molecule has 0 amide bonds. The topological polar surface area (TPSA) is 58.4 Å². The number of aryl methyl sites for hydroxylation is 1. The van der Waals surface area contributed by atoms with Gasteiger partial charge < -0.3 is 5.32 Å². The number of hydrogen-bond acceptors (Lipinski definition) is 5. The molecule has 100 valence electrons. The normalized spacial score (nSPS) is 24.2. The molecule has 6 nitrogen and oxygen atoms in total. The van der Waals surface area contributed by atoms with E-state index in [1.807, 2.05) is 17.5 Å². The van der Waals surface area contributed by atoms with Crippen molar-refractivity contribution in [3.8, 4) is 0 Å². The van der Waals surface area contributed by atoms with Gasteiger partial charge in [0, 0.05) is 37.6 Å². The Balaban J connectivity index is 1.55. The lowest BCUT2D eigenvalue weighted by Gasteiger charge is -2.16. The Hall–Kier alpha value is -1.69. The van der Waals surface area contributed by atoms with Crippen LogP contribution >= 0.6 is 0 Å². The van der Waals surface area contributed by atoms with E-state index < -0.39 is 0 Å². The van der Waals surface area contributed by atoms with Gasteiger partial charge in [0.05, 0.1) is 0 Å². The molecule has 6 heteroatoms. The Labute approximate surface area is 111 Å². The van der Waals surface area contributed by atoms with Gasteiger partial charge in [0.2, 0.25) is 5.65 Å². The fraction of sp³-hybridized carbons (Fsp3) is 0.615. The quantitative estimate of drug-likeness (QED) is 0.893. The highest BCUT2D eigenvalue weighted by atomic mass is 15.3. The molecule has 1 atom stereocenters. The van der Waals surface area contributed by atoms with Crippen LogP contribution < -0.4 is 5.32 Å². The van der Waals surface area contributed by atoms with Gasteiger partial charge in [-0.25, -0.2) is 4.98 Å². The maximum absolute atomic E-state index is 4.42. The summed E-state index contributed by atoms with van der Waals surface area (Å²) in [6.07, 6.45) is 7.65. The molecular formula is C13H18N6. The average Bonchev–Trinajstić information content (AvgIpc) is 3.06. The third-order valence-corrected chi connectivity index (χ3v) is 4.12. The minimum atomic E-state index is 0.483. The Morgan fingerprint density at radius 3 is 3.00 bits per heavy atom. The molecule has 0 radical (unpaired) electrons. The molecule has 0 bridgehead atoms. The van der Waals surface area contributed by atoms with Crippen LogP contribution in [0.1, 0.15) is 25.1 Å². The summed E-state index contributed by atoms with van der Waals surface area (Å²) in [6.45, 7) is 4.28. The van der Waals surface area contributed by atoms with E-state index in [4.69, 9.17) is 0 Å². The third kappa shape index (κ3) is 1.96. The van der Waals surface area contributed by atoms with E-state index in [0.29, 0.717) is 6.04 Å². The standard InChI is InChI=1S/C13H18N6/c1-9-16-17-13-12(14-5-7-19(9)13)15-10-4-6-18(8-10)11-2-3-11/h5,7,10-11H,2-4,6,8H2,1H3,(H,14,15). The molecule has 2 fully saturated rings. The zero-order valence-electron chi connectivity index (χ0n) is 11.1. The van der Waals surface area contributed by atoms with Crippen LogP contribution in [0.5, 0.6) is 0 Å². The highest BCUT2D eigenvalue weighted by Gasteiger charge is 2.34. The summed E-state index contributed by atoms with van der Waals surface area (Å²) >= 11 is 0. The summed E-state index contributed by atoms with van der Waals surface area (Å²) < 4.78 is 1.98. The molecule has 2 aliphatic rings. The number of likely N-dealkylation sites (tertiary alicyclic amines) is 1. The van der Waals surface area contributed by atoms with Crippen LogP contribution in [0.3, 0.4) is 0 Å². The first-order valence-corrected chi connectivity index (χ1v) is 6.98. The number of nitrogens with zero attached hydrogens (tertiary/aromatic N) is 5. The van der Waals surface area contributed by atoms with Crippen LogP contribution in [0.15, 0.2) is 12.4 Å². The molecule has 1 saturated heterocycles. The maximum Gasteiger partial charge on any atom is 0.203 e. The van der Waals surface area contributed by atoms with Crippen LogP contribution in [0.2, 0.25) is 0 Å². The predicted molar refractivity (Wildman–Crippen MR) is 72.1 cm³/mol. The van der Waals surface area contributed by atoms with Crippen molar-refractivity contribution in [2.24, 2.45) is 0 Å². The summed E-state index contributed by atoms with van der Waals surface area (Å²) in [5.74, 6) is 1.75. The van der Waals surface area contributed by atoms with E-state index in [1.54, 1.807) is 6.20 Å². The number of anilines is 1. The van der Waals surface area contributed by atoms with Crippen LogP contribution in [0.25, 0.3) is 5.65 Å². The van der Waals surface area contributed by atoms with Gasteiger partial charge in [0.15, 0.2) is 5.82 Å². The Morgan fingerprint density at radius 1 is 1.26 bits per heavy atom. The number of fused-ring (bicyclic) bond motifs is 1. The highest BCUT2D eigenvalue weighted by molar-refractivity contribution is 5.62. The van der Waals surface area contributed by atoms with Crippen LogP contribution in [-0.2, 0) is 0 Å². The van der Waals surface area contributed by atoms with Gasteiger partial charge in [-0.2, -0.15) is 0 Å². The largest absolute Gasteiger partial charge is 0.363 e. The fourth-order valence-corrected chi connectivity index (χ4v) is 2.91. The first-order chi connectivity index (χ1) is 9.31. The molecule has 0 spiro atoms. The predicted octanol–water partition coefficient (Wildman–Crippen LogP) is 1.08. The zero-order chi connectivity index (χ0) is 12.8. The summed E-state index contributed by atoms with van der Waals surface area (Å²) in [5.41, 5.74) is 0.824.